The second-order valence-electron chi connectivity index (χ2n) is 2.38. The van der Waals surface area contributed by atoms with Crippen LogP contribution in [0.3, 0.4) is 0 Å². The smallest absolute Gasteiger partial charge is 0.400 e. The van der Waals surface area contributed by atoms with Crippen molar-refractivity contribution < 1.29 is 49.0 Å². The van der Waals surface area contributed by atoms with Crippen molar-refractivity contribution in [2.75, 3.05) is 0 Å². The topological polar surface area (TPSA) is 26.3 Å². The minimum atomic E-state index is -7.00. The van der Waals surface area contributed by atoms with Gasteiger partial charge in [0.1, 0.15) is 0 Å². The lowest BCUT2D eigenvalue weighted by atomic mass is 10.0. The summed E-state index contributed by atoms with van der Waals surface area (Å²) in [6.07, 6.45) is -20.4. The Kier molecular flexibility index (Phi) is 3.43. The molecular formula is C5HF9O2. The molecule has 0 aliphatic carbocycles. The molecule has 0 aromatic carbocycles. The van der Waals surface area contributed by atoms with Crippen LogP contribution in [0.1, 0.15) is 0 Å². The van der Waals surface area contributed by atoms with Crippen molar-refractivity contribution in [2.45, 2.75) is 24.1 Å². The summed E-state index contributed by atoms with van der Waals surface area (Å²) in [5, 5.41) is 0. The number of ether oxygens (including phenoxy) is 1. The summed E-state index contributed by atoms with van der Waals surface area (Å²) >= 11 is 0. The molecule has 0 aliphatic rings. The molecule has 0 amide bonds. The molecule has 2 nitrogen and oxygen atoms in total. The van der Waals surface area contributed by atoms with Gasteiger partial charge in [-0.3, -0.25) is 4.79 Å². The summed E-state index contributed by atoms with van der Waals surface area (Å²) in [6.45, 7) is -1.42. The molecule has 0 spiro atoms. The van der Waals surface area contributed by atoms with Gasteiger partial charge in [-0.05, 0) is 0 Å². The Labute approximate surface area is 81.0 Å². The van der Waals surface area contributed by atoms with E-state index in [4.69, 9.17) is 0 Å². The molecule has 0 aliphatic heterocycles. The van der Waals surface area contributed by atoms with Gasteiger partial charge in [0.05, 0.1) is 0 Å². The third-order valence-corrected chi connectivity index (χ3v) is 1.38. The van der Waals surface area contributed by atoms with Gasteiger partial charge in [0.25, 0.3) is 6.47 Å². The summed E-state index contributed by atoms with van der Waals surface area (Å²) in [4.78, 5) is 9.32. The van der Waals surface area contributed by atoms with Crippen molar-refractivity contribution in [3.05, 3.63) is 0 Å². The quantitative estimate of drug-likeness (QED) is 0.578. The molecule has 0 radical (unpaired) electrons. The molecule has 0 aromatic rings. The lowest BCUT2D eigenvalue weighted by Gasteiger charge is -2.33. The number of carbonyl (C=O) groups excluding carboxylic acids is 1. The van der Waals surface area contributed by atoms with Gasteiger partial charge in [-0.2, -0.15) is 35.1 Å². The van der Waals surface area contributed by atoms with E-state index in [1.807, 2.05) is 0 Å². The Balaban J connectivity index is 5.70. The summed E-state index contributed by atoms with van der Waals surface area (Å²) in [5.41, 5.74) is -6.96. The Morgan fingerprint density at radius 2 is 1.06 bits per heavy atom. The second-order valence-corrected chi connectivity index (χ2v) is 2.38. The first-order valence-electron chi connectivity index (χ1n) is 3.13. The summed E-state index contributed by atoms with van der Waals surface area (Å²) in [7, 11) is 0. The van der Waals surface area contributed by atoms with Gasteiger partial charge in [0.2, 0.25) is 0 Å². The summed E-state index contributed by atoms with van der Waals surface area (Å²) in [5.74, 6) is 0. The molecule has 0 bridgehead atoms. The third kappa shape index (κ3) is 2.02. The van der Waals surface area contributed by atoms with Crippen LogP contribution >= 0.6 is 0 Å². The predicted molar refractivity (Wildman–Crippen MR) is 28.0 cm³/mol. The van der Waals surface area contributed by atoms with Crippen molar-refractivity contribution in [1.29, 1.82) is 0 Å². The zero-order valence-electron chi connectivity index (χ0n) is 6.80. The molecule has 0 heterocycles. The molecule has 0 saturated carbocycles. The van der Waals surface area contributed by atoms with Crippen molar-refractivity contribution in [3.63, 3.8) is 0 Å². The maximum Gasteiger partial charge on any atom is 0.453 e. The monoisotopic (exact) mass is 264 g/mol. The van der Waals surface area contributed by atoms with Gasteiger partial charge >= 0.3 is 24.1 Å². The number of hydrogen-bond donors (Lipinski definition) is 0. The molecule has 0 aromatic heterocycles. The van der Waals surface area contributed by atoms with Crippen LogP contribution in [0.5, 0.6) is 0 Å². The van der Waals surface area contributed by atoms with E-state index >= 15 is 0 Å². The fourth-order valence-corrected chi connectivity index (χ4v) is 0.632. The fraction of sp³-hybridized carbons (Fsp3) is 0.800. The molecule has 0 saturated heterocycles. The van der Waals surface area contributed by atoms with Crippen LogP contribution in [0, 0.1) is 0 Å². The normalized spacial score (nSPS) is 14.8. The van der Waals surface area contributed by atoms with Crippen molar-refractivity contribution in [3.8, 4) is 0 Å². The third-order valence-electron chi connectivity index (χ3n) is 1.38. The largest absolute Gasteiger partial charge is 0.453 e. The molecule has 96 valence electrons. The maximum atomic E-state index is 12.5. The van der Waals surface area contributed by atoms with Crippen LogP contribution in [-0.2, 0) is 9.53 Å². The van der Waals surface area contributed by atoms with Gasteiger partial charge in [-0.15, -0.1) is 0 Å². The SMILES string of the molecule is O=COC(F)(F)C(F)(C(F)(F)F)C(F)(F)F. The van der Waals surface area contributed by atoms with Gasteiger partial charge < -0.3 is 4.74 Å². The molecule has 0 N–H and O–H groups in total. The number of hydrogen-bond acceptors (Lipinski definition) is 2. The van der Waals surface area contributed by atoms with Crippen LogP contribution in [0.25, 0.3) is 0 Å². The zero-order valence-corrected chi connectivity index (χ0v) is 6.80. The van der Waals surface area contributed by atoms with Gasteiger partial charge in [0, 0.05) is 0 Å². The first-order chi connectivity index (χ1) is 6.81. The van der Waals surface area contributed by atoms with Gasteiger partial charge in [-0.1, -0.05) is 0 Å². The van der Waals surface area contributed by atoms with E-state index < -0.39 is 30.6 Å². The first kappa shape index (κ1) is 14.8. The number of alkyl halides is 9. The van der Waals surface area contributed by atoms with Gasteiger partial charge in [0.15, 0.2) is 0 Å². The number of halogens is 9. The van der Waals surface area contributed by atoms with E-state index in [1.165, 1.54) is 0 Å². The van der Waals surface area contributed by atoms with E-state index in [-0.39, 0.29) is 0 Å². The minimum Gasteiger partial charge on any atom is -0.400 e. The minimum absolute atomic E-state index is 1.42. The summed E-state index contributed by atoms with van der Waals surface area (Å²) < 4.78 is 109. The number of rotatable bonds is 3. The predicted octanol–water partition coefficient (Wildman–Crippen LogP) is 2.59. The first-order valence-corrected chi connectivity index (χ1v) is 3.13. The van der Waals surface area contributed by atoms with Crippen molar-refractivity contribution in [2.24, 2.45) is 0 Å². The molecular weight excluding hydrogens is 263 g/mol. The molecule has 0 atom stereocenters. The molecule has 0 rings (SSSR count). The maximum absolute atomic E-state index is 12.5. The Morgan fingerprint density at radius 3 is 1.25 bits per heavy atom. The lowest BCUT2D eigenvalue weighted by molar-refractivity contribution is -0.438. The van der Waals surface area contributed by atoms with Crippen LogP contribution in [0.2, 0.25) is 0 Å². The van der Waals surface area contributed by atoms with Crippen molar-refractivity contribution in [1.82, 2.24) is 0 Å². The Hall–Kier alpha value is -1.16. The van der Waals surface area contributed by atoms with E-state index in [0.717, 1.165) is 0 Å². The number of carbonyl (C=O) groups is 1. The average molecular weight is 264 g/mol. The van der Waals surface area contributed by atoms with E-state index in [9.17, 15) is 44.3 Å². The molecule has 0 unspecified atom stereocenters. The molecule has 11 heteroatoms. The average Bonchev–Trinajstić information content (AvgIpc) is 1.98. The highest BCUT2D eigenvalue weighted by molar-refractivity contribution is 5.38. The molecule has 0 fully saturated rings. The van der Waals surface area contributed by atoms with Gasteiger partial charge in [-0.25, -0.2) is 4.39 Å². The van der Waals surface area contributed by atoms with Crippen molar-refractivity contribution >= 4 is 6.47 Å². The van der Waals surface area contributed by atoms with Crippen LogP contribution in [-0.4, -0.2) is 30.6 Å². The molecule has 16 heavy (non-hydrogen) atoms. The van der Waals surface area contributed by atoms with E-state index in [2.05, 4.69) is 4.74 Å². The van der Waals surface area contributed by atoms with E-state index in [1.54, 1.807) is 0 Å². The highest BCUT2D eigenvalue weighted by Gasteiger charge is 2.86. The standard InChI is InChI=1S/C5HF9O2/c6-2(3(7,8)9,4(10,11)12)5(13,14)16-1-15/h1H. The highest BCUT2D eigenvalue weighted by atomic mass is 19.4. The highest BCUT2D eigenvalue weighted by Crippen LogP contribution is 2.54. The van der Waals surface area contributed by atoms with E-state index in [0.29, 0.717) is 0 Å². The van der Waals surface area contributed by atoms with Crippen LogP contribution < -0.4 is 0 Å². The fourth-order valence-electron chi connectivity index (χ4n) is 0.632. The summed E-state index contributed by atoms with van der Waals surface area (Å²) in [6, 6.07) is 0. The zero-order chi connectivity index (χ0) is 13.4. The lowest BCUT2D eigenvalue weighted by Crippen LogP contribution is -2.65. The van der Waals surface area contributed by atoms with Crippen LogP contribution in [0.15, 0.2) is 0 Å². The Bertz CT molecular complexity index is 250. The second kappa shape index (κ2) is 3.70. The Morgan fingerprint density at radius 1 is 0.750 bits per heavy atom. The van der Waals surface area contributed by atoms with Crippen LogP contribution in [0.4, 0.5) is 39.5 Å².